The average molecular weight is 425 g/mol. The first kappa shape index (κ1) is 20.9. The van der Waals surface area contributed by atoms with Gasteiger partial charge in [-0.25, -0.2) is 4.39 Å². The Morgan fingerprint density at radius 3 is 2.77 bits per heavy atom. The molecule has 0 amide bonds. The summed E-state index contributed by atoms with van der Waals surface area (Å²) in [5, 5.41) is 13.2. The van der Waals surface area contributed by atoms with Crippen LogP contribution in [0.5, 0.6) is 11.5 Å². The van der Waals surface area contributed by atoms with Crippen molar-refractivity contribution in [2.75, 3.05) is 7.11 Å². The molecule has 31 heavy (non-hydrogen) atoms. The van der Waals surface area contributed by atoms with Crippen molar-refractivity contribution < 1.29 is 28.3 Å². The molecule has 0 radical (unpaired) electrons. The standard InChI is InChI=1S/C24H24FNO5/c1-14(10-22(27)28)16-4-3-5-18(11-16)30-13-21-23(15-6-7-15)24(31-26-21)19-12-17(29-2)8-9-20(19)25/h3-5,8-9,11-12,14-15H,6-7,10,13H2,1-2H3,(H,27,28)/t14-/m1/s1. The van der Waals surface area contributed by atoms with Gasteiger partial charge in [0, 0.05) is 5.56 Å². The number of carboxylic acid groups (broad SMARTS) is 1. The van der Waals surface area contributed by atoms with Gasteiger partial charge in [-0.1, -0.05) is 24.2 Å². The zero-order valence-corrected chi connectivity index (χ0v) is 17.4. The number of aliphatic carboxylic acids is 1. The van der Waals surface area contributed by atoms with E-state index in [4.69, 9.17) is 19.1 Å². The molecule has 0 spiro atoms. The van der Waals surface area contributed by atoms with Crippen LogP contribution in [0.2, 0.25) is 0 Å². The van der Waals surface area contributed by atoms with E-state index in [1.54, 1.807) is 12.1 Å². The Morgan fingerprint density at radius 2 is 2.06 bits per heavy atom. The second-order valence-electron chi connectivity index (χ2n) is 7.85. The molecule has 4 rings (SSSR count). The minimum absolute atomic E-state index is 0.0496. The van der Waals surface area contributed by atoms with Crippen molar-refractivity contribution in [2.24, 2.45) is 0 Å². The number of carbonyl (C=O) groups is 1. The molecule has 1 fully saturated rings. The first-order chi connectivity index (χ1) is 15.0. The number of nitrogens with zero attached hydrogens (tertiary/aromatic N) is 1. The van der Waals surface area contributed by atoms with Crippen LogP contribution in [0.25, 0.3) is 11.3 Å². The van der Waals surface area contributed by atoms with Gasteiger partial charge in [-0.3, -0.25) is 4.79 Å². The molecule has 0 aliphatic heterocycles. The van der Waals surface area contributed by atoms with Crippen molar-refractivity contribution in [2.45, 2.75) is 44.6 Å². The molecule has 0 saturated heterocycles. The van der Waals surface area contributed by atoms with Crippen molar-refractivity contribution in [3.05, 3.63) is 65.1 Å². The highest BCUT2D eigenvalue weighted by atomic mass is 19.1. The number of rotatable bonds is 9. The van der Waals surface area contributed by atoms with Crippen LogP contribution in [0, 0.1) is 5.82 Å². The van der Waals surface area contributed by atoms with Gasteiger partial charge in [0.1, 0.15) is 29.6 Å². The van der Waals surface area contributed by atoms with Gasteiger partial charge < -0.3 is 19.1 Å². The molecular weight excluding hydrogens is 401 g/mol. The summed E-state index contributed by atoms with van der Waals surface area (Å²) in [6.07, 6.45) is 2.04. The smallest absolute Gasteiger partial charge is 0.303 e. The normalized spacial score (nSPS) is 14.3. The number of hydrogen-bond donors (Lipinski definition) is 1. The predicted molar refractivity (Wildman–Crippen MR) is 112 cm³/mol. The van der Waals surface area contributed by atoms with Crippen LogP contribution < -0.4 is 9.47 Å². The lowest BCUT2D eigenvalue weighted by Gasteiger charge is -2.12. The molecule has 1 N–H and O–H groups in total. The van der Waals surface area contributed by atoms with E-state index in [0.717, 1.165) is 24.0 Å². The van der Waals surface area contributed by atoms with Crippen molar-refractivity contribution >= 4 is 5.97 Å². The van der Waals surface area contributed by atoms with Crippen LogP contribution in [0.15, 0.2) is 47.0 Å². The zero-order valence-electron chi connectivity index (χ0n) is 17.4. The van der Waals surface area contributed by atoms with Crippen molar-refractivity contribution in [3.63, 3.8) is 0 Å². The molecule has 1 aliphatic rings. The molecule has 1 saturated carbocycles. The van der Waals surface area contributed by atoms with E-state index in [1.165, 1.54) is 13.2 Å². The maximum absolute atomic E-state index is 14.5. The number of halogens is 1. The van der Waals surface area contributed by atoms with Crippen molar-refractivity contribution in [3.8, 4) is 22.8 Å². The fourth-order valence-electron chi connectivity index (χ4n) is 3.67. The Balaban J connectivity index is 1.56. The molecule has 3 aromatic rings. The lowest BCUT2D eigenvalue weighted by atomic mass is 9.98. The summed E-state index contributed by atoms with van der Waals surface area (Å²) in [5.74, 6) is 0.485. The Bertz CT molecular complexity index is 1090. The molecule has 6 nitrogen and oxygen atoms in total. The maximum atomic E-state index is 14.5. The Morgan fingerprint density at radius 1 is 1.26 bits per heavy atom. The first-order valence-corrected chi connectivity index (χ1v) is 10.2. The van der Waals surface area contributed by atoms with Crippen LogP contribution in [-0.4, -0.2) is 23.3 Å². The van der Waals surface area contributed by atoms with E-state index < -0.39 is 11.8 Å². The number of methoxy groups -OCH3 is 1. The molecular formula is C24H24FNO5. The Labute approximate surface area is 179 Å². The monoisotopic (exact) mass is 425 g/mol. The molecule has 1 heterocycles. The first-order valence-electron chi connectivity index (χ1n) is 10.2. The van der Waals surface area contributed by atoms with E-state index >= 15 is 0 Å². The van der Waals surface area contributed by atoms with Crippen LogP contribution in [0.3, 0.4) is 0 Å². The summed E-state index contributed by atoms with van der Waals surface area (Å²) < 4.78 is 31.2. The quantitative estimate of drug-likeness (QED) is 0.486. The summed E-state index contributed by atoms with van der Waals surface area (Å²) in [5.41, 5.74) is 2.73. The highest BCUT2D eigenvalue weighted by Gasteiger charge is 2.34. The van der Waals surface area contributed by atoms with E-state index in [0.29, 0.717) is 28.5 Å². The summed E-state index contributed by atoms with van der Waals surface area (Å²) in [4.78, 5) is 11.0. The van der Waals surface area contributed by atoms with E-state index in [-0.39, 0.29) is 24.9 Å². The van der Waals surface area contributed by atoms with Crippen LogP contribution >= 0.6 is 0 Å². The highest BCUT2D eigenvalue weighted by molar-refractivity contribution is 5.68. The lowest BCUT2D eigenvalue weighted by molar-refractivity contribution is -0.137. The van der Waals surface area contributed by atoms with Gasteiger partial charge in [0.25, 0.3) is 0 Å². The van der Waals surface area contributed by atoms with Gasteiger partial charge in [-0.2, -0.15) is 0 Å². The third-order valence-electron chi connectivity index (χ3n) is 5.49. The summed E-state index contributed by atoms with van der Waals surface area (Å²) >= 11 is 0. The van der Waals surface area contributed by atoms with E-state index in [2.05, 4.69) is 5.16 Å². The van der Waals surface area contributed by atoms with Gasteiger partial charge >= 0.3 is 5.97 Å². The molecule has 1 atom stereocenters. The Kier molecular flexibility index (Phi) is 5.93. The molecule has 0 bridgehead atoms. The van der Waals surface area contributed by atoms with Crippen LogP contribution in [0.4, 0.5) is 4.39 Å². The third-order valence-corrected chi connectivity index (χ3v) is 5.49. The topological polar surface area (TPSA) is 81.8 Å². The summed E-state index contributed by atoms with van der Waals surface area (Å²) in [6, 6.07) is 11.9. The Hall–Kier alpha value is -3.35. The van der Waals surface area contributed by atoms with Gasteiger partial charge in [0.15, 0.2) is 5.76 Å². The molecule has 1 aromatic heterocycles. The second kappa shape index (κ2) is 8.79. The largest absolute Gasteiger partial charge is 0.497 e. The highest BCUT2D eigenvalue weighted by Crippen LogP contribution is 2.47. The van der Waals surface area contributed by atoms with Crippen molar-refractivity contribution in [1.29, 1.82) is 0 Å². The molecule has 0 unspecified atom stereocenters. The van der Waals surface area contributed by atoms with E-state index in [9.17, 15) is 9.18 Å². The minimum Gasteiger partial charge on any atom is -0.497 e. The SMILES string of the molecule is COc1ccc(F)c(-c2onc(COc3cccc([C@H](C)CC(=O)O)c3)c2C2CC2)c1. The third kappa shape index (κ3) is 4.71. The van der Waals surface area contributed by atoms with Gasteiger partial charge in [-0.05, 0) is 60.6 Å². The van der Waals surface area contributed by atoms with E-state index in [1.807, 2.05) is 31.2 Å². The fraction of sp³-hybridized carbons (Fsp3) is 0.333. The number of carboxylic acids is 1. The number of ether oxygens (including phenoxy) is 2. The van der Waals surface area contributed by atoms with Crippen LogP contribution in [-0.2, 0) is 11.4 Å². The number of benzene rings is 2. The molecule has 2 aromatic carbocycles. The summed E-state index contributed by atoms with van der Waals surface area (Å²) in [6.45, 7) is 2.04. The molecule has 162 valence electrons. The zero-order chi connectivity index (χ0) is 22.0. The fourth-order valence-corrected chi connectivity index (χ4v) is 3.67. The lowest BCUT2D eigenvalue weighted by Crippen LogP contribution is -2.04. The summed E-state index contributed by atoms with van der Waals surface area (Å²) in [7, 11) is 1.53. The van der Waals surface area contributed by atoms with Gasteiger partial charge in [0.2, 0.25) is 0 Å². The predicted octanol–water partition coefficient (Wildman–Crippen LogP) is 5.52. The van der Waals surface area contributed by atoms with Crippen molar-refractivity contribution in [1.82, 2.24) is 5.16 Å². The molecule has 1 aliphatic carbocycles. The van der Waals surface area contributed by atoms with Gasteiger partial charge in [0.05, 0.1) is 19.1 Å². The number of hydrogen-bond acceptors (Lipinski definition) is 5. The van der Waals surface area contributed by atoms with Gasteiger partial charge in [-0.15, -0.1) is 0 Å². The molecule has 7 heteroatoms. The number of aromatic nitrogens is 1. The maximum Gasteiger partial charge on any atom is 0.303 e. The minimum atomic E-state index is -0.840. The second-order valence-corrected chi connectivity index (χ2v) is 7.85. The average Bonchev–Trinajstić information content (AvgIpc) is 3.51. The van der Waals surface area contributed by atoms with Crippen LogP contribution in [0.1, 0.15) is 54.8 Å².